The molecule has 0 radical (unpaired) electrons. The van der Waals surface area contributed by atoms with Crippen LogP contribution in [0.5, 0.6) is 0 Å². The van der Waals surface area contributed by atoms with E-state index in [4.69, 9.17) is 5.73 Å². The van der Waals surface area contributed by atoms with Crippen LogP contribution < -0.4 is 16.0 Å². The molecule has 4 heteroatoms. The molecular formula is C12H18N4. The van der Waals surface area contributed by atoms with Crippen LogP contribution in [0.25, 0.3) is 0 Å². The third-order valence-electron chi connectivity index (χ3n) is 2.52. The molecule has 1 aliphatic rings. The number of hydrogen-bond acceptors (Lipinski definition) is 2. The molecular weight excluding hydrogens is 200 g/mol. The monoisotopic (exact) mass is 218 g/mol. The standard InChI is InChI=1S/C12H18N4/c1-16(2)11-6-4-3-5-10(11)15-12(13)14-9-7-8-9/h3-6,9H,7-8H2,1-2H3,(H3,13,14,15). The number of hydrogen-bond donors (Lipinski definition) is 2. The van der Waals surface area contributed by atoms with E-state index in [-0.39, 0.29) is 0 Å². The highest BCUT2D eigenvalue weighted by atomic mass is 15.1. The lowest BCUT2D eigenvalue weighted by molar-refractivity contribution is 1.06. The number of rotatable bonds is 3. The second-order valence-electron chi connectivity index (χ2n) is 4.28. The lowest BCUT2D eigenvalue weighted by Crippen LogP contribution is -2.24. The first-order chi connectivity index (χ1) is 7.66. The molecule has 0 unspecified atom stereocenters. The Morgan fingerprint density at radius 2 is 2.06 bits per heavy atom. The van der Waals surface area contributed by atoms with Gasteiger partial charge in [-0.05, 0) is 25.0 Å². The van der Waals surface area contributed by atoms with Crippen LogP contribution in [0.4, 0.5) is 11.4 Å². The molecule has 3 N–H and O–H groups in total. The normalized spacial score (nSPS) is 16.0. The number of benzene rings is 1. The van der Waals surface area contributed by atoms with Gasteiger partial charge >= 0.3 is 0 Å². The van der Waals surface area contributed by atoms with Gasteiger partial charge in [-0.15, -0.1) is 0 Å². The Hall–Kier alpha value is -1.71. The van der Waals surface area contributed by atoms with Gasteiger partial charge in [-0.1, -0.05) is 12.1 Å². The summed E-state index contributed by atoms with van der Waals surface area (Å²) in [5.74, 6) is 0.511. The fourth-order valence-corrected chi connectivity index (χ4v) is 1.54. The number of para-hydroxylation sites is 2. The number of nitrogens with zero attached hydrogens (tertiary/aromatic N) is 2. The summed E-state index contributed by atoms with van der Waals surface area (Å²) in [5.41, 5.74) is 7.94. The molecule has 1 fully saturated rings. The molecule has 0 aromatic heterocycles. The highest BCUT2D eigenvalue weighted by Gasteiger charge is 2.20. The van der Waals surface area contributed by atoms with E-state index in [1.807, 2.05) is 43.3 Å². The minimum Gasteiger partial charge on any atom is -0.376 e. The number of nitrogens with two attached hydrogens (primary N) is 1. The number of guanidine groups is 1. The Bertz CT molecular complexity index is 394. The van der Waals surface area contributed by atoms with E-state index >= 15 is 0 Å². The Labute approximate surface area is 96.2 Å². The van der Waals surface area contributed by atoms with Gasteiger partial charge in [0.05, 0.1) is 17.4 Å². The molecule has 86 valence electrons. The van der Waals surface area contributed by atoms with Gasteiger partial charge in [0.15, 0.2) is 5.96 Å². The Morgan fingerprint density at radius 1 is 1.38 bits per heavy atom. The van der Waals surface area contributed by atoms with Gasteiger partial charge in [0.2, 0.25) is 0 Å². The number of anilines is 2. The Morgan fingerprint density at radius 3 is 2.69 bits per heavy atom. The smallest absolute Gasteiger partial charge is 0.193 e. The molecule has 0 amide bonds. The zero-order valence-electron chi connectivity index (χ0n) is 9.77. The molecule has 1 aliphatic carbocycles. The van der Waals surface area contributed by atoms with Crippen molar-refractivity contribution >= 4 is 17.3 Å². The summed E-state index contributed by atoms with van der Waals surface area (Å²) in [6, 6.07) is 8.49. The van der Waals surface area contributed by atoms with Crippen LogP contribution in [0.1, 0.15) is 12.8 Å². The molecule has 0 saturated heterocycles. The van der Waals surface area contributed by atoms with E-state index < -0.39 is 0 Å². The summed E-state index contributed by atoms with van der Waals surface area (Å²) in [6.45, 7) is 0. The molecule has 1 aromatic rings. The Kier molecular flexibility index (Phi) is 2.99. The zero-order chi connectivity index (χ0) is 11.5. The second-order valence-corrected chi connectivity index (χ2v) is 4.28. The van der Waals surface area contributed by atoms with Crippen LogP contribution >= 0.6 is 0 Å². The van der Waals surface area contributed by atoms with E-state index in [0.29, 0.717) is 12.0 Å². The zero-order valence-corrected chi connectivity index (χ0v) is 9.77. The van der Waals surface area contributed by atoms with Crippen molar-refractivity contribution in [2.24, 2.45) is 10.7 Å². The molecule has 2 rings (SSSR count). The average molecular weight is 218 g/mol. The third kappa shape index (κ3) is 2.66. The summed E-state index contributed by atoms with van der Waals surface area (Å²) in [7, 11) is 4.02. The number of nitrogens with one attached hydrogen (secondary N) is 1. The van der Waals surface area contributed by atoms with Gasteiger partial charge < -0.3 is 16.0 Å². The highest BCUT2D eigenvalue weighted by molar-refractivity contribution is 5.95. The van der Waals surface area contributed by atoms with Gasteiger partial charge in [0.1, 0.15) is 0 Å². The SMILES string of the molecule is CN(C)c1ccccc1NC(N)=NC1CC1. The van der Waals surface area contributed by atoms with Gasteiger partial charge in [-0.2, -0.15) is 0 Å². The predicted octanol–water partition coefficient (Wildman–Crippen LogP) is 1.64. The van der Waals surface area contributed by atoms with E-state index in [0.717, 1.165) is 24.2 Å². The molecule has 0 spiro atoms. The summed E-state index contributed by atoms with van der Waals surface area (Å²) in [5, 5.41) is 3.15. The summed E-state index contributed by atoms with van der Waals surface area (Å²) in [4.78, 5) is 6.40. The topological polar surface area (TPSA) is 53.6 Å². The van der Waals surface area contributed by atoms with E-state index in [1.54, 1.807) is 0 Å². The van der Waals surface area contributed by atoms with Crippen molar-refractivity contribution in [3.8, 4) is 0 Å². The van der Waals surface area contributed by atoms with Crippen LogP contribution in [0.15, 0.2) is 29.3 Å². The molecule has 16 heavy (non-hydrogen) atoms. The lowest BCUT2D eigenvalue weighted by Gasteiger charge is -2.17. The molecule has 0 heterocycles. The second kappa shape index (κ2) is 4.43. The van der Waals surface area contributed by atoms with Crippen LogP contribution in [0.2, 0.25) is 0 Å². The molecule has 4 nitrogen and oxygen atoms in total. The van der Waals surface area contributed by atoms with Crippen LogP contribution in [0.3, 0.4) is 0 Å². The van der Waals surface area contributed by atoms with Gasteiger partial charge in [-0.25, -0.2) is 4.99 Å². The molecule has 1 aromatic carbocycles. The first kappa shape index (κ1) is 10.8. The highest BCUT2D eigenvalue weighted by Crippen LogP contribution is 2.25. The van der Waals surface area contributed by atoms with E-state index in [9.17, 15) is 0 Å². The maximum atomic E-state index is 5.84. The minimum absolute atomic E-state index is 0.444. The van der Waals surface area contributed by atoms with E-state index in [2.05, 4.69) is 10.3 Å². The summed E-state index contributed by atoms with van der Waals surface area (Å²) >= 11 is 0. The molecule has 0 atom stereocenters. The fourth-order valence-electron chi connectivity index (χ4n) is 1.54. The Balaban J connectivity index is 2.13. The van der Waals surface area contributed by atoms with Crippen LogP contribution in [-0.4, -0.2) is 26.1 Å². The molecule has 0 bridgehead atoms. The lowest BCUT2D eigenvalue weighted by atomic mass is 10.2. The van der Waals surface area contributed by atoms with Crippen LogP contribution in [0, 0.1) is 0 Å². The quantitative estimate of drug-likeness (QED) is 0.599. The van der Waals surface area contributed by atoms with Crippen molar-refractivity contribution in [1.82, 2.24) is 0 Å². The first-order valence-electron chi connectivity index (χ1n) is 5.53. The van der Waals surface area contributed by atoms with Gasteiger partial charge in [-0.3, -0.25) is 0 Å². The van der Waals surface area contributed by atoms with Crippen molar-refractivity contribution in [2.75, 3.05) is 24.3 Å². The van der Waals surface area contributed by atoms with E-state index in [1.165, 1.54) is 0 Å². The van der Waals surface area contributed by atoms with Crippen molar-refractivity contribution in [1.29, 1.82) is 0 Å². The van der Waals surface area contributed by atoms with Gasteiger partial charge in [0, 0.05) is 14.1 Å². The van der Waals surface area contributed by atoms with Crippen LogP contribution in [-0.2, 0) is 0 Å². The third-order valence-corrected chi connectivity index (χ3v) is 2.52. The van der Waals surface area contributed by atoms with Crippen molar-refractivity contribution in [3.63, 3.8) is 0 Å². The van der Waals surface area contributed by atoms with Crippen molar-refractivity contribution in [3.05, 3.63) is 24.3 Å². The summed E-state index contributed by atoms with van der Waals surface area (Å²) in [6.07, 6.45) is 2.33. The number of aliphatic imine (C=N–C) groups is 1. The largest absolute Gasteiger partial charge is 0.376 e. The minimum atomic E-state index is 0.444. The van der Waals surface area contributed by atoms with Crippen molar-refractivity contribution < 1.29 is 0 Å². The average Bonchev–Trinajstić information content (AvgIpc) is 3.02. The molecule has 0 aliphatic heterocycles. The predicted molar refractivity (Wildman–Crippen MR) is 69.0 cm³/mol. The maximum Gasteiger partial charge on any atom is 0.193 e. The summed E-state index contributed by atoms with van der Waals surface area (Å²) < 4.78 is 0. The molecule has 1 saturated carbocycles. The van der Waals surface area contributed by atoms with Crippen molar-refractivity contribution in [2.45, 2.75) is 18.9 Å². The maximum absolute atomic E-state index is 5.84. The van der Waals surface area contributed by atoms with Gasteiger partial charge in [0.25, 0.3) is 0 Å². The fraction of sp³-hybridized carbons (Fsp3) is 0.417. The first-order valence-corrected chi connectivity index (χ1v) is 5.53.